The van der Waals surface area contributed by atoms with E-state index in [4.69, 9.17) is 0 Å². The van der Waals surface area contributed by atoms with Crippen molar-refractivity contribution < 1.29 is 9.59 Å². The average molecular weight is 235 g/mol. The Morgan fingerprint density at radius 2 is 2.18 bits per heavy atom. The first-order chi connectivity index (χ1) is 8.10. The molecule has 2 aliphatic rings. The second-order valence-electron chi connectivity index (χ2n) is 4.87. The fraction of sp³-hybridized carbons (Fsp3) is 0.750. The molecule has 2 rings (SSSR count). The van der Waals surface area contributed by atoms with Crippen LogP contribution in [0, 0.1) is 16.7 Å². The van der Waals surface area contributed by atoms with E-state index in [0.717, 1.165) is 12.8 Å². The number of hydrogen-bond acceptors (Lipinski definition) is 3. The highest BCUT2D eigenvalue weighted by Gasteiger charge is 2.46. The number of carbonyl (C=O) groups is 2. The number of carbonyl (C=O) groups excluding carboxylic acids is 2. The van der Waals surface area contributed by atoms with E-state index in [1.54, 1.807) is 11.8 Å². The molecule has 17 heavy (non-hydrogen) atoms. The first-order valence-corrected chi connectivity index (χ1v) is 6.11. The summed E-state index contributed by atoms with van der Waals surface area (Å²) in [6.07, 6.45) is 3.11. The molecular weight excluding hydrogens is 218 g/mol. The lowest BCUT2D eigenvalue weighted by Gasteiger charge is -2.36. The molecule has 1 heterocycles. The number of nitrogens with zero attached hydrogens (tertiary/aromatic N) is 2. The van der Waals surface area contributed by atoms with E-state index in [9.17, 15) is 14.9 Å². The number of nitrogens with one attached hydrogen (secondary N) is 1. The summed E-state index contributed by atoms with van der Waals surface area (Å²) in [5.74, 6) is -0.282. The average Bonchev–Trinajstić information content (AvgIpc) is 2.82. The number of amides is 2. The second-order valence-corrected chi connectivity index (χ2v) is 4.87. The van der Waals surface area contributed by atoms with Gasteiger partial charge in [0.25, 0.3) is 0 Å². The van der Waals surface area contributed by atoms with Crippen molar-refractivity contribution in [1.82, 2.24) is 10.2 Å². The maximum absolute atomic E-state index is 12.4. The minimum absolute atomic E-state index is 0.129. The van der Waals surface area contributed by atoms with Crippen LogP contribution in [0.2, 0.25) is 0 Å². The number of rotatable bonds is 1. The fourth-order valence-electron chi connectivity index (χ4n) is 2.69. The van der Waals surface area contributed by atoms with Crippen LogP contribution in [0.1, 0.15) is 32.6 Å². The van der Waals surface area contributed by atoms with Crippen molar-refractivity contribution in [2.45, 2.75) is 38.6 Å². The smallest absolute Gasteiger partial charge is 0.243 e. The Labute approximate surface area is 101 Å². The summed E-state index contributed by atoms with van der Waals surface area (Å²) >= 11 is 0. The normalized spacial score (nSPS) is 27.4. The molecule has 0 aromatic rings. The predicted octanol–water partition coefficient (Wildman–Crippen LogP) is 0.417. The monoisotopic (exact) mass is 235 g/mol. The minimum atomic E-state index is -0.869. The molecule has 1 N–H and O–H groups in total. The molecule has 0 aromatic carbocycles. The van der Waals surface area contributed by atoms with Crippen molar-refractivity contribution in [2.24, 2.45) is 5.41 Å². The van der Waals surface area contributed by atoms with Gasteiger partial charge < -0.3 is 10.2 Å². The first-order valence-electron chi connectivity index (χ1n) is 6.11. The molecule has 2 amide bonds. The highest BCUT2D eigenvalue weighted by molar-refractivity contribution is 5.92. The van der Waals surface area contributed by atoms with Crippen molar-refractivity contribution >= 4 is 11.8 Å². The number of piperazine rings is 1. The molecule has 0 spiro atoms. The molecule has 1 saturated carbocycles. The van der Waals surface area contributed by atoms with Gasteiger partial charge in [0.2, 0.25) is 11.8 Å². The molecule has 1 aliphatic heterocycles. The molecule has 0 radical (unpaired) electrons. The Morgan fingerprint density at radius 3 is 2.76 bits per heavy atom. The Bertz CT molecular complexity index is 380. The summed E-state index contributed by atoms with van der Waals surface area (Å²) in [6, 6.07) is 1.73. The lowest BCUT2D eigenvalue weighted by Crippen LogP contribution is -2.58. The lowest BCUT2D eigenvalue weighted by atomic mass is 9.85. The van der Waals surface area contributed by atoms with Crippen molar-refractivity contribution in [1.29, 1.82) is 5.26 Å². The SMILES string of the molecule is CC1C(=O)NCCN1C(=O)C1(C#N)CCCC1. The van der Waals surface area contributed by atoms with Gasteiger partial charge in [-0.3, -0.25) is 9.59 Å². The van der Waals surface area contributed by atoms with Gasteiger partial charge in [-0.05, 0) is 19.8 Å². The van der Waals surface area contributed by atoms with Crippen LogP contribution in [0.25, 0.3) is 0 Å². The van der Waals surface area contributed by atoms with E-state index >= 15 is 0 Å². The predicted molar refractivity (Wildman–Crippen MR) is 60.7 cm³/mol. The summed E-state index contributed by atoms with van der Waals surface area (Å²) in [7, 11) is 0. The zero-order valence-electron chi connectivity index (χ0n) is 10.0. The third-order valence-corrected chi connectivity index (χ3v) is 3.84. The van der Waals surface area contributed by atoms with Crippen LogP contribution < -0.4 is 5.32 Å². The van der Waals surface area contributed by atoms with Crippen LogP contribution in [-0.4, -0.2) is 35.8 Å². The third-order valence-electron chi connectivity index (χ3n) is 3.84. The Morgan fingerprint density at radius 1 is 1.53 bits per heavy atom. The molecule has 0 aromatic heterocycles. The summed E-state index contributed by atoms with van der Waals surface area (Å²) in [5.41, 5.74) is -0.869. The van der Waals surface area contributed by atoms with Gasteiger partial charge >= 0.3 is 0 Å². The quantitative estimate of drug-likeness (QED) is 0.715. The minimum Gasteiger partial charge on any atom is -0.353 e. The zero-order chi connectivity index (χ0) is 12.5. The van der Waals surface area contributed by atoms with Crippen LogP contribution in [0.3, 0.4) is 0 Å². The molecule has 1 atom stereocenters. The molecule has 1 aliphatic carbocycles. The maximum atomic E-state index is 12.4. The lowest BCUT2D eigenvalue weighted by molar-refractivity contribution is -0.148. The van der Waals surface area contributed by atoms with Gasteiger partial charge in [-0.25, -0.2) is 0 Å². The highest BCUT2D eigenvalue weighted by Crippen LogP contribution is 2.39. The Hall–Kier alpha value is -1.57. The van der Waals surface area contributed by atoms with Crippen molar-refractivity contribution in [3.63, 3.8) is 0 Å². The largest absolute Gasteiger partial charge is 0.353 e. The molecule has 5 nitrogen and oxygen atoms in total. The van der Waals surface area contributed by atoms with E-state index in [-0.39, 0.29) is 11.8 Å². The third kappa shape index (κ3) is 1.88. The number of hydrogen-bond donors (Lipinski definition) is 1. The second kappa shape index (κ2) is 4.36. The van der Waals surface area contributed by atoms with Crippen LogP contribution in [-0.2, 0) is 9.59 Å². The van der Waals surface area contributed by atoms with Crippen LogP contribution >= 0.6 is 0 Å². The van der Waals surface area contributed by atoms with E-state index in [0.29, 0.717) is 25.9 Å². The number of nitriles is 1. The standard InChI is InChI=1S/C12H17N3O2/c1-9-10(16)14-6-7-15(9)11(17)12(8-13)4-2-3-5-12/h9H,2-7H2,1H3,(H,14,16). The molecule has 92 valence electrons. The van der Waals surface area contributed by atoms with Crippen molar-refractivity contribution in [3.8, 4) is 6.07 Å². The molecule has 0 bridgehead atoms. The Kier molecular flexibility index (Phi) is 3.05. The molecule has 5 heteroatoms. The van der Waals surface area contributed by atoms with Gasteiger partial charge in [0.15, 0.2) is 0 Å². The van der Waals surface area contributed by atoms with E-state index < -0.39 is 11.5 Å². The van der Waals surface area contributed by atoms with E-state index in [1.807, 2.05) is 0 Å². The zero-order valence-corrected chi connectivity index (χ0v) is 10.0. The topological polar surface area (TPSA) is 73.2 Å². The summed E-state index contributed by atoms with van der Waals surface area (Å²) in [6.45, 7) is 2.71. The molecule has 2 fully saturated rings. The van der Waals surface area contributed by atoms with Crippen LogP contribution in [0.5, 0.6) is 0 Å². The van der Waals surface area contributed by atoms with Gasteiger partial charge in [-0.1, -0.05) is 12.8 Å². The van der Waals surface area contributed by atoms with Crippen LogP contribution in [0.4, 0.5) is 0 Å². The van der Waals surface area contributed by atoms with Gasteiger partial charge in [-0.15, -0.1) is 0 Å². The summed E-state index contributed by atoms with van der Waals surface area (Å²) in [4.78, 5) is 25.5. The van der Waals surface area contributed by atoms with Gasteiger partial charge in [-0.2, -0.15) is 5.26 Å². The summed E-state index contributed by atoms with van der Waals surface area (Å²) < 4.78 is 0. The highest BCUT2D eigenvalue weighted by atomic mass is 16.2. The maximum Gasteiger partial charge on any atom is 0.243 e. The molecule has 1 saturated heterocycles. The van der Waals surface area contributed by atoms with Gasteiger partial charge in [0.1, 0.15) is 11.5 Å². The summed E-state index contributed by atoms with van der Waals surface area (Å²) in [5, 5.41) is 12.0. The first kappa shape index (κ1) is 11.9. The van der Waals surface area contributed by atoms with Crippen molar-refractivity contribution in [3.05, 3.63) is 0 Å². The molecular formula is C12H17N3O2. The van der Waals surface area contributed by atoms with E-state index in [1.165, 1.54) is 0 Å². The van der Waals surface area contributed by atoms with Crippen LogP contribution in [0.15, 0.2) is 0 Å². The van der Waals surface area contributed by atoms with Crippen molar-refractivity contribution in [2.75, 3.05) is 13.1 Å². The fourth-order valence-corrected chi connectivity index (χ4v) is 2.69. The Balaban J connectivity index is 2.19. The van der Waals surface area contributed by atoms with E-state index in [2.05, 4.69) is 11.4 Å². The molecule has 1 unspecified atom stereocenters. The van der Waals surface area contributed by atoms with Gasteiger partial charge in [0.05, 0.1) is 6.07 Å². The van der Waals surface area contributed by atoms with Gasteiger partial charge in [0, 0.05) is 13.1 Å².